The molecule has 8 heteroatoms. The van der Waals surface area contributed by atoms with Gasteiger partial charge in [-0.25, -0.2) is 0 Å². The molecule has 2 aromatic carbocycles. The van der Waals surface area contributed by atoms with Crippen molar-refractivity contribution in [3.8, 4) is 17.2 Å². The van der Waals surface area contributed by atoms with Crippen molar-refractivity contribution in [1.29, 1.82) is 0 Å². The third kappa shape index (κ3) is 5.66. The minimum absolute atomic E-state index is 0.132. The van der Waals surface area contributed by atoms with Gasteiger partial charge >= 0.3 is 0 Å². The van der Waals surface area contributed by atoms with E-state index in [9.17, 15) is 14.9 Å². The van der Waals surface area contributed by atoms with Crippen LogP contribution in [0.25, 0.3) is 0 Å². The number of amides is 1. The molecular formula is C18H20N2O6. The van der Waals surface area contributed by atoms with Crippen molar-refractivity contribution in [2.45, 2.75) is 6.92 Å². The maximum absolute atomic E-state index is 11.8. The minimum atomic E-state index is -0.547. The van der Waals surface area contributed by atoms with E-state index in [0.29, 0.717) is 18.9 Å². The first-order valence-electron chi connectivity index (χ1n) is 7.91. The molecule has 0 heterocycles. The maximum Gasteiger partial charge on any atom is 0.273 e. The molecule has 0 saturated carbocycles. The first kappa shape index (κ1) is 19.0. The molecule has 8 nitrogen and oxygen atoms in total. The second kappa shape index (κ2) is 9.26. The van der Waals surface area contributed by atoms with Crippen molar-refractivity contribution < 1.29 is 23.9 Å². The number of nitro benzene ring substituents is 1. The van der Waals surface area contributed by atoms with Crippen molar-refractivity contribution >= 4 is 11.6 Å². The maximum atomic E-state index is 11.8. The number of hydrogen-bond acceptors (Lipinski definition) is 6. The Morgan fingerprint density at radius 1 is 1.15 bits per heavy atom. The fraction of sp³-hybridized carbons (Fsp3) is 0.278. The molecule has 0 unspecified atom stereocenters. The van der Waals surface area contributed by atoms with Crippen LogP contribution >= 0.6 is 0 Å². The van der Waals surface area contributed by atoms with E-state index in [2.05, 4.69) is 5.32 Å². The Hall–Kier alpha value is -3.29. The summed E-state index contributed by atoms with van der Waals surface area (Å²) in [4.78, 5) is 22.1. The predicted octanol–water partition coefficient (Wildman–Crippen LogP) is 2.49. The number of nitrogens with one attached hydrogen (secondary N) is 1. The molecular weight excluding hydrogens is 340 g/mol. The Morgan fingerprint density at radius 3 is 2.65 bits per heavy atom. The smallest absolute Gasteiger partial charge is 0.273 e. The number of carbonyl (C=O) groups is 1. The lowest BCUT2D eigenvalue weighted by Crippen LogP contribution is -2.32. The van der Waals surface area contributed by atoms with Crippen molar-refractivity contribution in [3.05, 3.63) is 58.1 Å². The minimum Gasteiger partial charge on any atom is -0.493 e. The van der Waals surface area contributed by atoms with Gasteiger partial charge < -0.3 is 19.5 Å². The molecule has 2 rings (SSSR count). The van der Waals surface area contributed by atoms with Crippen LogP contribution in [-0.4, -0.2) is 37.7 Å². The summed E-state index contributed by atoms with van der Waals surface area (Å²) in [5.74, 6) is 0.808. The number of aryl methyl sites for hydroxylation is 1. The quantitative estimate of drug-likeness (QED) is 0.419. The van der Waals surface area contributed by atoms with Crippen LogP contribution in [0.15, 0.2) is 42.5 Å². The molecule has 0 aliphatic carbocycles. The van der Waals surface area contributed by atoms with Crippen molar-refractivity contribution in [2.24, 2.45) is 0 Å². The molecule has 0 bridgehead atoms. The van der Waals surface area contributed by atoms with E-state index in [1.165, 1.54) is 25.3 Å². The van der Waals surface area contributed by atoms with Gasteiger partial charge in [0.1, 0.15) is 12.4 Å². The molecule has 0 radical (unpaired) electrons. The zero-order valence-corrected chi connectivity index (χ0v) is 14.6. The van der Waals surface area contributed by atoms with Crippen molar-refractivity contribution in [1.82, 2.24) is 5.32 Å². The van der Waals surface area contributed by atoms with Crippen LogP contribution in [-0.2, 0) is 4.79 Å². The molecule has 0 saturated heterocycles. The topological polar surface area (TPSA) is 99.9 Å². The highest BCUT2D eigenvalue weighted by Gasteiger charge is 2.13. The number of nitro groups is 1. The highest BCUT2D eigenvalue weighted by molar-refractivity contribution is 5.77. The van der Waals surface area contributed by atoms with Crippen LogP contribution in [0.1, 0.15) is 5.56 Å². The lowest BCUT2D eigenvalue weighted by molar-refractivity contribution is -0.385. The molecule has 138 valence electrons. The Kier molecular flexibility index (Phi) is 6.78. The van der Waals surface area contributed by atoms with Gasteiger partial charge in [-0.15, -0.1) is 0 Å². The summed E-state index contributed by atoms with van der Waals surface area (Å²) in [6.45, 7) is 2.30. The van der Waals surface area contributed by atoms with Gasteiger partial charge in [-0.1, -0.05) is 12.1 Å². The Morgan fingerprint density at radius 2 is 1.96 bits per heavy atom. The summed E-state index contributed by atoms with van der Waals surface area (Å²) in [5.41, 5.74) is 0.943. The van der Waals surface area contributed by atoms with Gasteiger partial charge in [-0.2, -0.15) is 0 Å². The highest BCUT2D eigenvalue weighted by Crippen LogP contribution is 2.30. The van der Waals surface area contributed by atoms with E-state index in [1.54, 1.807) is 0 Å². The summed E-state index contributed by atoms with van der Waals surface area (Å²) in [5, 5.41) is 13.5. The summed E-state index contributed by atoms with van der Waals surface area (Å²) < 4.78 is 15.9. The summed E-state index contributed by atoms with van der Waals surface area (Å²) in [6, 6.07) is 11.5. The van der Waals surface area contributed by atoms with E-state index >= 15 is 0 Å². The second-order valence-electron chi connectivity index (χ2n) is 5.40. The molecule has 26 heavy (non-hydrogen) atoms. The molecule has 0 fully saturated rings. The number of hydrogen-bond donors (Lipinski definition) is 1. The molecule has 0 aromatic heterocycles. The van der Waals surface area contributed by atoms with Gasteiger partial charge in [0.15, 0.2) is 18.1 Å². The highest BCUT2D eigenvalue weighted by atomic mass is 16.6. The van der Waals surface area contributed by atoms with Crippen LogP contribution in [0.3, 0.4) is 0 Å². The largest absolute Gasteiger partial charge is 0.493 e. The molecule has 0 aliphatic heterocycles. The monoisotopic (exact) mass is 360 g/mol. The van der Waals surface area contributed by atoms with Gasteiger partial charge in [-0.05, 0) is 30.7 Å². The third-order valence-electron chi connectivity index (χ3n) is 3.40. The molecule has 1 amide bonds. The number of methoxy groups -OCH3 is 1. The first-order valence-corrected chi connectivity index (χ1v) is 7.91. The Balaban J connectivity index is 1.78. The SMILES string of the molecule is COc1ccc([N+](=O)[O-])cc1OCC(=O)NCCOc1cccc(C)c1. The molecule has 2 aromatic rings. The van der Waals surface area contributed by atoms with Gasteiger partial charge in [0.05, 0.1) is 24.6 Å². The normalized spacial score (nSPS) is 10.1. The van der Waals surface area contributed by atoms with E-state index in [4.69, 9.17) is 14.2 Å². The average Bonchev–Trinajstić information content (AvgIpc) is 2.63. The molecule has 0 aliphatic rings. The predicted molar refractivity (Wildman–Crippen MR) is 94.8 cm³/mol. The standard InChI is InChI=1S/C18H20N2O6/c1-13-4-3-5-15(10-13)25-9-8-19-18(21)12-26-17-11-14(20(22)23)6-7-16(17)24-2/h3-7,10-11H,8-9,12H2,1-2H3,(H,19,21). The zero-order valence-electron chi connectivity index (χ0n) is 14.6. The van der Waals surface area contributed by atoms with Crippen LogP contribution < -0.4 is 19.5 Å². The average molecular weight is 360 g/mol. The Labute approximate surface area is 150 Å². The van der Waals surface area contributed by atoms with E-state index in [1.807, 2.05) is 31.2 Å². The lowest BCUT2D eigenvalue weighted by Gasteiger charge is -2.11. The van der Waals surface area contributed by atoms with Gasteiger partial charge in [-0.3, -0.25) is 14.9 Å². The summed E-state index contributed by atoms with van der Waals surface area (Å²) in [7, 11) is 1.41. The summed E-state index contributed by atoms with van der Waals surface area (Å²) >= 11 is 0. The summed E-state index contributed by atoms with van der Waals surface area (Å²) in [6.07, 6.45) is 0. The first-order chi connectivity index (χ1) is 12.5. The van der Waals surface area contributed by atoms with Crippen molar-refractivity contribution in [2.75, 3.05) is 26.9 Å². The molecule has 0 atom stereocenters. The van der Waals surface area contributed by atoms with E-state index < -0.39 is 4.92 Å². The molecule has 0 spiro atoms. The van der Waals surface area contributed by atoms with Crippen LogP contribution in [0, 0.1) is 17.0 Å². The number of benzene rings is 2. The lowest BCUT2D eigenvalue weighted by atomic mass is 10.2. The number of rotatable bonds is 9. The van der Waals surface area contributed by atoms with Gasteiger partial charge in [0.2, 0.25) is 0 Å². The number of nitrogens with zero attached hydrogens (tertiary/aromatic N) is 1. The number of non-ortho nitro benzene ring substituents is 1. The van der Waals surface area contributed by atoms with Crippen molar-refractivity contribution in [3.63, 3.8) is 0 Å². The van der Waals surface area contributed by atoms with Crippen LogP contribution in [0.2, 0.25) is 0 Å². The third-order valence-corrected chi connectivity index (χ3v) is 3.40. The van der Waals surface area contributed by atoms with Gasteiger partial charge in [0.25, 0.3) is 11.6 Å². The number of carbonyl (C=O) groups excluding carboxylic acids is 1. The second-order valence-corrected chi connectivity index (χ2v) is 5.40. The van der Waals surface area contributed by atoms with Crippen LogP contribution in [0.5, 0.6) is 17.2 Å². The zero-order chi connectivity index (χ0) is 18.9. The fourth-order valence-corrected chi connectivity index (χ4v) is 2.15. The Bertz CT molecular complexity index is 778. The van der Waals surface area contributed by atoms with Crippen LogP contribution in [0.4, 0.5) is 5.69 Å². The van der Waals surface area contributed by atoms with Gasteiger partial charge in [0, 0.05) is 6.07 Å². The fourth-order valence-electron chi connectivity index (χ4n) is 2.15. The van der Waals surface area contributed by atoms with E-state index in [-0.39, 0.29) is 24.0 Å². The number of ether oxygens (including phenoxy) is 3. The van der Waals surface area contributed by atoms with E-state index in [0.717, 1.165) is 11.3 Å². The molecule has 1 N–H and O–H groups in total.